The Balaban J connectivity index is 1.61. The number of benzene rings is 2. The van der Waals surface area contributed by atoms with Gasteiger partial charge in [-0.25, -0.2) is 0 Å². The van der Waals surface area contributed by atoms with Crippen LogP contribution in [0.3, 0.4) is 0 Å². The van der Waals surface area contributed by atoms with Crippen molar-refractivity contribution in [3.8, 4) is 0 Å². The second kappa shape index (κ2) is 9.62. The number of rotatable bonds is 7. The van der Waals surface area contributed by atoms with E-state index in [9.17, 15) is 0 Å². The summed E-state index contributed by atoms with van der Waals surface area (Å²) in [5.74, 6) is 0. The Labute approximate surface area is 194 Å². The smallest absolute Gasteiger partial charge is 0.0603 e. The zero-order valence-corrected chi connectivity index (χ0v) is 20.0. The van der Waals surface area contributed by atoms with E-state index in [1.54, 1.807) is 0 Å². The van der Waals surface area contributed by atoms with Crippen LogP contribution in [0, 0.1) is 6.92 Å². The van der Waals surface area contributed by atoms with Crippen molar-refractivity contribution >= 4 is 37.9 Å². The molecule has 1 aliphatic heterocycles. The van der Waals surface area contributed by atoms with Crippen LogP contribution in [0.2, 0.25) is 0 Å². The van der Waals surface area contributed by atoms with E-state index in [1.807, 2.05) is 11.3 Å². The quantitative estimate of drug-likeness (QED) is 0.314. The van der Waals surface area contributed by atoms with Crippen LogP contribution in [0.25, 0.3) is 26.6 Å². The molecule has 1 fully saturated rings. The second-order valence-electron chi connectivity index (χ2n) is 8.63. The SMILES string of the molecule is CCC/C=C(/c1cccc2ccccc12)c1c(C)n(CCN2CCOCC2)c2ccsc12. The molecule has 0 amide bonds. The molecule has 1 aliphatic rings. The first-order valence-electron chi connectivity index (χ1n) is 11.8. The molecular weight excluding hydrogens is 412 g/mol. The summed E-state index contributed by atoms with van der Waals surface area (Å²) in [6.45, 7) is 10.5. The molecule has 0 radical (unpaired) electrons. The average Bonchev–Trinajstić information content (AvgIpc) is 3.40. The van der Waals surface area contributed by atoms with E-state index in [2.05, 4.69) is 83.3 Å². The molecule has 0 spiro atoms. The van der Waals surface area contributed by atoms with Gasteiger partial charge in [-0.15, -0.1) is 11.3 Å². The summed E-state index contributed by atoms with van der Waals surface area (Å²) in [5, 5.41) is 4.89. The van der Waals surface area contributed by atoms with Gasteiger partial charge in [0, 0.05) is 37.4 Å². The summed E-state index contributed by atoms with van der Waals surface area (Å²) in [7, 11) is 0. The molecule has 1 saturated heterocycles. The van der Waals surface area contributed by atoms with Gasteiger partial charge in [0.15, 0.2) is 0 Å². The molecule has 0 atom stereocenters. The first-order chi connectivity index (χ1) is 15.8. The molecule has 32 heavy (non-hydrogen) atoms. The zero-order valence-electron chi connectivity index (χ0n) is 19.1. The van der Waals surface area contributed by atoms with Crippen LogP contribution < -0.4 is 0 Å². The summed E-state index contributed by atoms with van der Waals surface area (Å²) in [6.07, 6.45) is 4.71. The van der Waals surface area contributed by atoms with Crippen molar-refractivity contribution in [2.45, 2.75) is 33.2 Å². The highest BCUT2D eigenvalue weighted by atomic mass is 32.1. The monoisotopic (exact) mass is 444 g/mol. The number of morpholine rings is 1. The molecule has 0 bridgehead atoms. The van der Waals surface area contributed by atoms with Crippen molar-refractivity contribution in [3.63, 3.8) is 0 Å². The third-order valence-corrected chi connectivity index (χ3v) is 7.58. The van der Waals surface area contributed by atoms with Gasteiger partial charge in [-0.2, -0.15) is 0 Å². The number of allylic oxidation sites excluding steroid dienone is 1. The van der Waals surface area contributed by atoms with E-state index >= 15 is 0 Å². The maximum Gasteiger partial charge on any atom is 0.0603 e. The van der Waals surface area contributed by atoms with Crippen molar-refractivity contribution in [2.24, 2.45) is 0 Å². The molecular formula is C28H32N2OS. The van der Waals surface area contributed by atoms with Crippen LogP contribution in [-0.2, 0) is 11.3 Å². The molecule has 2 aromatic heterocycles. The van der Waals surface area contributed by atoms with Crippen molar-refractivity contribution in [2.75, 3.05) is 32.8 Å². The fourth-order valence-electron chi connectivity index (χ4n) is 4.95. The Morgan fingerprint density at radius 3 is 2.69 bits per heavy atom. The number of ether oxygens (including phenoxy) is 1. The molecule has 0 aliphatic carbocycles. The highest BCUT2D eigenvalue weighted by Gasteiger charge is 2.21. The third kappa shape index (κ3) is 4.03. The maximum atomic E-state index is 5.54. The van der Waals surface area contributed by atoms with E-state index in [-0.39, 0.29) is 0 Å². The van der Waals surface area contributed by atoms with Gasteiger partial charge in [-0.05, 0) is 46.7 Å². The lowest BCUT2D eigenvalue weighted by Gasteiger charge is -2.27. The molecule has 5 rings (SSSR count). The van der Waals surface area contributed by atoms with Crippen LogP contribution >= 0.6 is 11.3 Å². The Kier molecular flexibility index (Phi) is 6.44. The predicted molar refractivity (Wildman–Crippen MR) is 138 cm³/mol. The van der Waals surface area contributed by atoms with Gasteiger partial charge in [0.2, 0.25) is 0 Å². The fourth-order valence-corrected chi connectivity index (χ4v) is 5.96. The van der Waals surface area contributed by atoms with E-state index < -0.39 is 0 Å². The van der Waals surface area contributed by atoms with Crippen LogP contribution in [0.15, 0.2) is 60.0 Å². The van der Waals surface area contributed by atoms with Gasteiger partial charge < -0.3 is 9.30 Å². The Hall–Kier alpha value is -2.40. The zero-order chi connectivity index (χ0) is 21.9. The van der Waals surface area contributed by atoms with Crippen molar-refractivity contribution < 1.29 is 4.74 Å². The van der Waals surface area contributed by atoms with Gasteiger partial charge in [0.25, 0.3) is 0 Å². The van der Waals surface area contributed by atoms with Gasteiger partial charge in [0.1, 0.15) is 0 Å². The molecule has 2 aromatic carbocycles. The molecule has 166 valence electrons. The summed E-state index contributed by atoms with van der Waals surface area (Å²) in [5.41, 5.74) is 6.91. The van der Waals surface area contributed by atoms with E-state index in [4.69, 9.17) is 4.74 Å². The normalized spacial score (nSPS) is 15.8. The molecule has 4 aromatic rings. The van der Waals surface area contributed by atoms with E-state index in [1.165, 1.54) is 43.4 Å². The number of hydrogen-bond acceptors (Lipinski definition) is 3. The molecule has 3 nitrogen and oxygen atoms in total. The third-order valence-electron chi connectivity index (χ3n) is 6.66. The number of thiophene rings is 1. The van der Waals surface area contributed by atoms with Gasteiger partial charge in [-0.1, -0.05) is 61.9 Å². The Morgan fingerprint density at radius 1 is 1.03 bits per heavy atom. The lowest BCUT2D eigenvalue weighted by molar-refractivity contribution is 0.0365. The standard InChI is InChI=1S/C28H32N2OS/c1-3-4-10-25(24-12-7-9-22-8-5-6-11-23(22)24)27-21(2)30(26-13-20-32-28(26)27)15-14-29-16-18-31-19-17-29/h5-13,20H,3-4,14-19H2,1-2H3/b25-10-. The molecule has 0 unspecified atom stereocenters. The summed E-state index contributed by atoms with van der Waals surface area (Å²) >= 11 is 1.88. The predicted octanol–water partition coefficient (Wildman–Crippen LogP) is 6.73. The summed E-state index contributed by atoms with van der Waals surface area (Å²) in [6, 6.07) is 17.8. The van der Waals surface area contributed by atoms with Crippen LogP contribution in [0.5, 0.6) is 0 Å². The summed E-state index contributed by atoms with van der Waals surface area (Å²) in [4.78, 5) is 2.53. The first-order valence-corrected chi connectivity index (χ1v) is 12.7. The first kappa shape index (κ1) is 21.4. The molecule has 0 saturated carbocycles. The van der Waals surface area contributed by atoms with Gasteiger partial charge in [-0.3, -0.25) is 4.90 Å². The molecule has 4 heteroatoms. The molecule has 0 N–H and O–H groups in total. The van der Waals surface area contributed by atoms with Crippen molar-refractivity contribution in [1.82, 2.24) is 9.47 Å². The number of aromatic nitrogens is 1. The van der Waals surface area contributed by atoms with Crippen LogP contribution in [-0.4, -0.2) is 42.3 Å². The highest BCUT2D eigenvalue weighted by molar-refractivity contribution is 7.17. The van der Waals surface area contributed by atoms with Crippen LogP contribution in [0.1, 0.15) is 36.6 Å². The lowest BCUT2D eigenvalue weighted by Crippen LogP contribution is -2.38. The number of unbranched alkanes of at least 4 members (excludes halogenated alkanes) is 1. The summed E-state index contributed by atoms with van der Waals surface area (Å²) < 4.78 is 9.50. The van der Waals surface area contributed by atoms with Gasteiger partial charge >= 0.3 is 0 Å². The number of fused-ring (bicyclic) bond motifs is 2. The van der Waals surface area contributed by atoms with E-state index in [0.29, 0.717) is 0 Å². The van der Waals surface area contributed by atoms with Crippen LogP contribution in [0.4, 0.5) is 0 Å². The number of hydrogen-bond donors (Lipinski definition) is 0. The maximum absolute atomic E-state index is 5.54. The minimum absolute atomic E-state index is 0.856. The fraction of sp³-hybridized carbons (Fsp3) is 0.357. The van der Waals surface area contributed by atoms with Gasteiger partial charge in [0.05, 0.1) is 23.4 Å². The van der Waals surface area contributed by atoms with Crippen molar-refractivity contribution in [3.05, 3.63) is 76.8 Å². The lowest BCUT2D eigenvalue weighted by atomic mass is 9.92. The number of nitrogens with zero attached hydrogens (tertiary/aromatic N) is 2. The molecule has 3 heterocycles. The average molecular weight is 445 g/mol. The Bertz CT molecular complexity index is 1240. The van der Waals surface area contributed by atoms with E-state index in [0.717, 1.165) is 52.2 Å². The minimum Gasteiger partial charge on any atom is -0.379 e. The Morgan fingerprint density at radius 2 is 1.84 bits per heavy atom. The topological polar surface area (TPSA) is 17.4 Å². The largest absolute Gasteiger partial charge is 0.379 e. The second-order valence-corrected chi connectivity index (χ2v) is 9.55. The van der Waals surface area contributed by atoms with Crippen molar-refractivity contribution in [1.29, 1.82) is 0 Å². The highest BCUT2D eigenvalue weighted by Crippen LogP contribution is 2.40. The minimum atomic E-state index is 0.856.